The van der Waals surface area contributed by atoms with Crippen molar-refractivity contribution in [3.63, 3.8) is 0 Å². The van der Waals surface area contributed by atoms with E-state index in [1.165, 1.54) is 6.92 Å². The summed E-state index contributed by atoms with van der Waals surface area (Å²) >= 11 is 0. The topological polar surface area (TPSA) is 102 Å². The summed E-state index contributed by atoms with van der Waals surface area (Å²) in [5, 5.41) is 21.4. The molecule has 0 aliphatic rings. The van der Waals surface area contributed by atoms with Crippen molar-refractivity contribution in [2.45, 2.75) is 13.0 Å². The number of hydrogen-bond acceptors (Lipinski definition) is 4. The molecule has 0 bridgehead atoms. The summed E-state index contributed by atoms with van der Waals surface area (Å²) in [5.74, 6) is -1.58. The van der Waals surface area contributed by atoms with Crippen LogP contribution in [-0.2, 0) is 4.79 Å². The average molecular weight is 248 g/mol. The smallest absolute Gasteiger partial charge is 0.325 e. The maximum Gasteiger partial charge on any atom is 0.325 e. The van der Waals surface area contributed by atoms with E-state index >= 15 is 0 Å². The van der Waals surface area contributed by atoms with Crippen molar-refractivity contribution in [2.24, 2.45) is 0 Å². The van der Waals surface area contributed by atoms with Gasteiger partial charge in [-0.05, 0) is 19.1 Å². The Balaban J connectivity index is 2.55. The minimum atomic E-state index is -1.08. The van der Waals surface area contributed by atoms with E-state index in [0.717, 1.165) is 0 Å². The van der Waals surface area contributed by atoms with Crippen molar-refractivity contribution in [1.29, 1.82) is 0 Å². The maximum absolute atomic E-state index is 11.8. The van der Waals surface area contributed by atoms with Gasteiger partial charge in [0.2, 0.25) is 11.2 Å². The molecule has 6 heteroatoms. The van der Waals surface area contributed by atoms with Crippen molar-refractivity contribution < 1.29 is 15.0 Å². The highest BCUT2D eigenvalue weighted by Gasteiger charge is 2.16. The van der Waals surface area contributed by atoms with Crippen molar-refractivity contribution in [1.82, 2.24) is 4.98 Å². The van der Waals surface area contributed by atoms with E-state index in [1.54, 1.807) is 24.3 Å². The Labute approximate surface area is 102 Å². The van der Waals surface area contributed by atoms with Crippen LogP contribution in [0.3, 0.4) is 0 Å². The fourth-order valence-electron chi connectivity index (χ4n) is 1.61. The van der Waals surface area contributed by atoms with Crippen LogP contribution in [0.25, 0.3) is 10.9 Å². The van der Waals surface area contributed by atoms with Gasteiger partial charge in [0, 0.05) is 5.39 Å². The van der Waals surface area contributed by atoms with Crippen molar-refractivity contribution in [3.8, 4) is 5.75 Å². The van der Waals surface area contributed by atoms with Gasteiger partial charge in [-0.3, -0.25) is 9.59 Å². The van der Waals surface area contributed by atoms with E-state index in [4.69, 9.17) is 5.11 Å². The number of carbonyl (C=O) groups is 1. The number of para-hydroxylation sites is 1. The van der Waals surface area contributed by atoms with Crippen LogP contribution in [-0.4, -0.2) is 27.2 Å². The van der Waals surface area contributed by atoms with Gasteiger partial charge in [0.05, 0.1) is 5.52 Å². The van der Waals surface area contributed by atoms with Gasteiger partial charge in [-0.1, -0.05) is 12.1 Å². The molecule has 1 aromatic heterocycles. The lowest BCUT2D eigenvalue weighted by molar-refractivity contribution is -0.137. The van der Waals surface area contributed by atoms with Crippen LogP contribution >= 0.6 is 0 Å². The average Bonchev–Trinajstić information content (AvgIpc) is 2.35. The SMILES string of the molecule is C[C@H](Nc1[nH]c2ccccc2c(=O)c1O)C(=O)O. The summed E-state index contributed by atoms with van der Waals surface area (Å²) in [6.07, 6.45) is 0. The van der Waals surface area contributed by atoms with Crippen LogP contribution in [0.15, 0.2) is 29.1 Å². The molecule has 0 radical (unpaired) electrons. The van der Waals surface area contributed by atoms with E-state index in [1.807, 2.05) is 0 Å². The first-order valence-corrected chi connectivity index (χ1v) is 5.34. The van der Waals surface area contributed by atoms with E-state index < -0.39 is 23.2 Å². The Kier molecular flexibility index (Phi) is 2.93. The zero-order valence-electron chi connectivity index (χ0n) is 9.60. The number of rotatable bonds is 3. The molecule has 0 saturated carbocycles. The molecule has 4 N–H and O–H groups in total. The Hall–Kier alpha value is -2.50. The number of anilines is 1. The molecule has 0 fully saturated rings. The Morgan fingerprint density at radius 1 is 1.39 bits per heavy atom. The summed E-state index contributed by atoms with van der Waals surface area (Å²) in [7, 11) is 0. The normalized spacial score (nSPS) is 12.3. The molecule has 2 aromatic rings. The number of nitrogens with one attached hydrogen (secondary N) is 2. The molecule has 1 heterocycles. The summed E-state index contributed by atoms with van der Waals surface area (Å²) in [6, 6.07) is 5.75. The van der Waals surface area contributed by atoms with Crippen molar-refractivity contribution in [2.75, 3.05) is 5.32 Å². The van der Waals surface area contributed by atoms with Crippen molar-refractivity contribution in [3.05, 3.63) is 34.5 Å². The molecular weight excluding hydrogens is 236 g/mol. The van der Waals surface area contributed by atoms with Gasteiger partial charge in [-0.25, -0.2) is 0 Å². The number of aromatic hydroxyl groups is 1. The first-order chi connectivity index (χ1) is 8.50. The molecule has 94 valence electrons. The molecule has 0 saturated heterocycles. The number of H-pyrrole nitrogens is 1. The standard InChI is InChI=1S/C12H12N2O4/c1-6(12(17)18)13-11-10(16)9(15)7-4-2-3-5-8(7)14-11/h2-6,16H,1H3,(H,17,18)(H2,13,14,15)/t6-/m0/s1. The van der Waals surface area contributed by atoms with E-state index in [-0.39, 0.29) is 5.82 Å². The minimum absolute atomic E-state index is 0.00796. The lowest BCUT2D eigenvalue weighted by atomic mass is 10.2. The van der Waals surface area contributed by atoms with E-state index in [0.29, 0.717) is 10.9 Å². The number of fused-ring (bicyclic) bond motifs is 1. The zero-order chi connectivity index (χ0) is 13.3. The fraction of sp³-hybridized carbons (Fsp3) is 0.167. The Morgan fingerprint density at radius 2 is 2.06 bits per heavy atom. The molecule has 0 spiro atoms. The monoisotopic (exact) mass is 248 g/mol. The Morgan fingerprint density at radius 3 is 2.72 bits per heavy atom. The number of carboxylic acid groups (broad SMARTS) is 1. The third-order valence-electron chi connectivity index (χ3n) is 2.61. The Bertz CT molecular complexity index is 663. The largest absolute Gasteiger partial charge is 0.502 e. The molecule has 1 aromatic carbocycles. The number of hydrogen-bond donors (Lipinski definition) is 4. The highest BCUT2D eigenvalue weighted by atomic mass is 16.4. The van der Waals surface area contributed by atoms with Crippen molar-refractivity contribution >= 4 is 22.7 Å². The molecular formula is C12H12N2O4. The van der Waals surface area contributed by atoms with Crippen LogP contribution in [0.2, 0.25) is 0 Å². The summed E-state index contributed by atoms with van der Waals surface area (Å²) in [4.78, 5) is 25.4. The first-order valence-electron chi connectivity index (χ1n) is 5.34. The molecule has 0 amide bonds. The number of benzene rings is 1. The second-order valence-corrected chi connectivity index (χ2v) is 3.93. The summed E-state index contributed by atoms with van der Waals surface area (Å²) < 4.78 is 0. The fourth-order valence-corrected chi connectivity index (χ4v) is 1.61. The lowest BCUT2D eigenvalue weighted by Gasteiger charge is -2.12. The van der Waals surface area contributed by atoms with E-state index in [2.05, 4.69) is 10.3 Å². The van der Waals surface area contributed by atoms with Crippen LogP contribution < -0.4 is 10.7 Å². The van der Waals surface area contributed by atoms with Gasteiger partial charge >= 0.3 is 5.97 Å². The number of aromatic nitrogens is 1. The predicted molar refractivity (Wildman–Crippen MR) is 67.0 cm³/mol. The number of carboxylic acids is 1. The number of aromatic amines is 1. The maximum atomic E-state index is 11.8. The second-order valence-electron chi connectivity index (χ2n) is 3.93. The van der Waals surface area contributed by atoms with Gasteiger partial charge in [0.15, 0.2) is 5.82 Å². The quantitative estimate of drug-likeness (QED) is 0.651. The highest BCUT2D eigenvalue weighted by Crippen LogP contribution is 2.20. The first kappa shape index (κ1) is 12.0. The third-order valence-corrected chi connectivity index (χ3v) is 2.61. The molecule has 18 heavy (non-hydrogen) atoms. The molecule has 6 nitrogen and oxygen atoms in total. The van der Waals surface area contributed by atoms with E-state index in [9.17, 15) is 14.7 Å². The van der Waals surface area contributed by atoms with Crippen LogP contribution in [0.1, 0.15) is 6.92 Å². The van der Waals surface area contributed by atoms with Crippen LogP contribution in [0, 0.1) is 0 Å². The van der Waals surface area contributed by atoms with Crippen LogP contribution in [0.4, 0.5) is 5.82 Å². The summed E-state index contributed by atoms with van der Waals surface area (Å²) in [6.45, 7) is 1.41. The zero-order valence-corrected chi connectivity index (χ0v) is 9.60. The minimum Gasteiger partial charge on any atom is -0.502 e. The van der Waals surface area contributed by atoms with Gasteiger partial charge in [0.1, 0.15) is 6.04 Å². The third kappa shape index (κ3) is 2.00. The summed E-state index contributed by atoms with van der Waals surface area (Å²) in [5.41, 5.74) is -0.00942. The van der Waals surface area contributed by atoms with Gasteiger partial charge in [-0.15, -0.1) is 0 Å². The molecule has 0 unspecified atom stereocenters. The lowest BCUT2D eigenvalue weighted by Crippen LogP contribution is -2.26. The van der Waals surface area contributed by atoms with Gasteiger partial charge in [-0.2, -0.15) is 0 Å². The molecule has 0 aliphatic carbocycles. The predicted octanol–water partition coefficient (Wildman–Crippen LogP) is 1.12. The molecule has 2 rings (SSSR count). The highest BCUT2D eigenvalue weighted by molar-refractivity contribution is 5.84. The number of pyridine rings is 1. The number of aliphatic carboxylic acids is 1. The van der Waals surface area contributed by atoms with Crippen LogP contribution in [0.5, 0.6) is 5.75 Å². The van der Waals surface area contributed by atoms with Gasteiger partial charge in [0.25, 0.3) is 0 Å². The molecule has 1 atom stereocenters. The second kappa shape index (κ2) is 4.40. The van der Waals surface area contributed by atoms with Gasteiger partial charge < -0.3 is 20.5 Å². The molecule has 0 aliphatic heterocycles.